The molecule has 0 bridgehead atoms. The molecule has 182 valence electrons. The molecule has 0 unspecified atom stereocenters. The molecule has 0 atom stereocenters. The van der Waals surface area contributed by atoms with E-state index in [4.69, 9.17) is 14.7 Å². The van der Waals surface area contributed by atoms with Crippen LogP contribution in [0.1, 0.15) is 25.0 Å². The first-order valence-electron chi connectivity index (χ1n) is 12.9. The lowest BCUT2D eigenvalue weighted by Crippen LogP contribution is -2.25. The van der Waals surface area contributed by atoms with Gasteiger partial charge >= 0.3 is 0 Å². The van der Waals surface area contributed by atoms with Gasteiger partial charge in [-0.3, -0.25) is 0 Å². The standard InChI is InChI=1S/C35H26N2O/c1-35(2)28-15-7-9-17-30(28)38-31-18-10-14-26(32(31)35)23-19-21-25(22-20-23)34-36-29-16-8-6-13-27(29)33(37-34)24-11-4-3-5-12-24/h3-22H,1-2H3. The third kappa shape index (κ3) is 3.59. The third-order valence-corrected chi connectivity index (χ3v) is 7.54. The number of hydrogen-bond donors (Lipinski definition) is 0. The molecule has 0 amide bonds. The molecular formula is C35H26N2O. The van der Waals surface area contributed by atoms with Crippen molar-refractivity contribution in [3.63, 3.8) is 0 Å². The number of nitrogens with zero attached hydrogens (tertiary/aromatic N) is 2. The topological polar surface area (TPSA) is 35.0 Å². The van der Waals surface area contributed by atoms with Gasteiger partial charge in [-0.05, 0) is 29.3 Å². The molecule has 0 radical (unpaired) electrons. The van der Waals surface area contributed by atoms with Crippen molar-refractivity contribution >= 4 is 10.9 Å². The van der Waals surface area contributed by atoms with Crippen LogP contribution in [-0.4, -0.2) is 9.97 Å². The van der Waals surface area contributed by atoms with Crippen molar-refractivity contribution in [2.75, 3.05) is 0 Å². The fraction of sp³-hybridized carbons (Fsp3) is 0.0857. The summed E-state index contributed by atoms with van der Waals surface area (Å²) in [6.07, 6.45) is 0. The van der Waals surface area contributed by atoms with E-state index in [1.807, 2.05) is 36.4 Å². The summed E-state index contributed by atoms with van der Waals surface area (Å²) in [4.78, 5) is 9.95. The summed E-state index contributed by atoms with van der Waals surface area (Å²) in [6, 6.07) is 41.8. The highest BCUT2D eigenvalue weighted by atomic mass is 16.5. The molecule has 1 aromatic heterocycles. The Kier molecular flexibility index (Phi) is 5.12. The average molecular weight is 491 g/mol. The van der Waals surface area contributed by atoms with Gasteiger partial charge in [-0.1, -0.05) is 117 Å². The van der Waals surface area contributed by atoms with Crippen molar-refractivity contribution in [1.82, 2.24) is 9.97 Å². The van der Waals surface area contributed by atoms with Crippen LogP contribution in [0.2, 0.25) is 0 Å². The fourth-order valence-electron chi connectivity index (χ4n) is 5.65. The molecular weight excluding hydrogens is 464 g/mol. The van der Waals surface area contributed by atoms with Crippen molar-refractivity contribution in [2.24, 2.45) is 0 Å². The van der Waals surface area contributed by atoms with Gasteiger partial charge in [0.25, 0.3) is 0 Å². The fourth-order valence-corrected chi connectivity index (χ4v) is 5.65. The van der Waals surface area contributed by atoms with Crippen LogP contribution in [0.4, 0.5) is 0 Å². The zero-order chi connectivity index (χ0) is 25.7. The smallest absolute Gasteiger partial charge is 0.160 e. The Bertz CT molecular complexity index is 1800. The summed E-state index contributed by atoms with van der Waals surface area (Å²) in [5, 5.41) is 1.05. The minimum absolute atomic E-state index is 0.189. The number of benzene rings is 5. The first kappa shape index (κ1) is 22.4. The molecule has 0 fully saturated rings. The van der Waals surface area contributed by atoms with Crippen molar-refractivity contribution in [3.8, 4) is 45.3 Å². The van der Waals surface area contributed by atoms with Gasteiger partial charge in [0.1, 0.15) is 11.5 Å². The maximum atomic E-state index is 6.34. The molecule has 6 aromatic rings. The Morgan fingerprint density at radius 1 is 0.553 bits per heavy atom. The monoisotopic (exact) mass is 490 g/mol. The molecule has 2 heterocycles. The highest BCUT2D eigenvalue weighted by Crippen LogP contribution is 2.51. The van der Waals surface area contributed by atoms with Gasteiger partial charge in [0, 0.05) is 33.1 Å². The van der Waals surface area contributed by atoms with Crippen LogP contribution in [0.3, 0.4) is 0 Å². The van der Waals surface area contributed by atoms with E-state index < -0.39 is 0 Å². The number of aromatic nitrogens is 2. The van der Waals surface area contributed by atoms with E-state index >= 15 is 0 Å². The van der Waals surface area contributed by atoms with Gasteiger partial charge in [-0.15, -0.1) is 0 Å². The Morgan fingerprint density at radius 2 is 1.24 bits per heavy atom. The lowest BCUT2D eigenvalue weighted by Gasteiger charge is -2.36. The minimum Gasteiger partial charge on any atom is -0.457 e. The molecule has 1 aliphatic heterocycles. The quantitative estimate of drug-likeness (QED) is 0.248. The Labute approximate surface area is 222 Å². The maximum Gasteiger partial charge on any atom is 0.160 e. The van der Waals surface area contributed by atoms with Gasteiger partial charge in [0.2, 0.25) is 0 Å². The van der Waals surface area contributed by atoms with Gasteiger partial charge in [-0.25, -0.2) is 9.97 Å². The van der Waals surface area contributed by atoms with Crippen molar-refractivity contribution in [2.45, 2.75) is 19.3 Å². The predicted molar refractivity (Wildman–Crippen MR) is 154 cm³/mol. The van der Waals surface area contributed by atoms with Crippen LogP contribution in [-0.2, 0) is 5.41 Å². The number of ether oxygens (including phenoxy) is 1. The largest absolute Gasteiger partial charge is 0.457 e. The lowest BCUT2D eigenvalue weighted by atomic mass is 9.73. The molecule has 0 saturated carbocycles. The molecule has 0 saturated heterocycles. The average Bonchev–Trinajstić information content (AvgIpc) is 2.97. The molecule has 0 N–H and O–H groups in total. The Balaban J connectivity index is 1.32. The van der Waals surface area contributed by atoms with E-state index in [0.717, 1.165) is 50.6 Å². The van der Waals surface area contributed by atoms with E-state index in [2.05, 4.69) is 98.8 Å². The van der Waals surface area contributed by atoms with Crippen molar-refractivity contribution in [1.29, 1.82) is 0 Å². The zero-order valence-electron chi connectivity index (χ0n) is 21.3. The summed E-state index contributed by atoms with van der Waals surface area (Å²) in [7, 11) is 0. The first-order chi connectivity index (χ1) is 18.6. The summed E-state index contributed by atoms with van der Waals surface area (Å²) in [5.74, 6) is 2.57. The molecule has 38 heavy (non-hydrogen) atoms. The highest BCUT2D eigenvalue weighted by Gasteiger charge is 2.36. The van der Waals surface area contributed by atoms with Gasteiger partial charge in [0.05, 0.1) is 11.2 Å². The number of fused-ring (bicyclic) bond motifs is 3. The predicted octanol–water partition coefficient (Wildman–Crippen LogP) is 9.06. The number of rotatable bonds is 3. The number of hydrogen-bond acceptors (Lipinski definition) is 3. The Morgan fingerprint density at radius 3 is 2.08 bits per heavy atom. The molecule has 3 heteroatoms. The van der Waals surface area contributed by atoms with Crippen molar-refractivity contribution < 1.29 is 4.74 Å². The minimum atomic E-state index is -0.189. The van der Waals surface area contributed by atoms with Crippen LogP contribution in [0.15, 0.2) is 121 Å². The van der Waals surface area contributed by atoms with E-state index in [9.17, 15) is 0 Å². The third-order valence-electron chi connectivity index (χ3n) is 7.54. The molecule has 3 nitrogen and oxygen atoms in total. The van der Waals surface area contributed by atoms with Crippen LogP contribution in [0, 0.1) is 0 Å². The van der Waals surface area contributed by atoms with Gasteiger partial charge in [0.15, 0.2) is 5.82 Å². The second kappa shape index (κ2) is 8.67. The van der Waals surface area contributed by atoms with Crippen molar-refractivity contribution in [3.05, 3.63) is 132 Å². The molecule has 5 aromatic carbocycles. The van der Waals surface area contributed by atoms with Crippen LogP contribution >= 0.6 is 0 Å². The molecule has 0 aliphatic carbocycles. The maximum absolute atomic E-state index is 6.34. The van der Waals surface area contributed by atoms with E-state index in [1.165, 1.54) is 16.7 Å². The zero-order valence-corrected chi connectivity index (χ0v) is 21.3. The van der Waals surface area contributed by atoms with E-state index in [1.54, 1.807) is 0 Å². The second-order valence-electron chi connectivity index (χ2n) is 10.3. The van der Waals surface area contributed by atoms with Gasteiger partial charge in [-0.2, -0.15) is 0 Å². The summed E-state index contributed by atoms with van der Waals surface area (Å²) in [6.45, 7) is 4.55. The van der Waals surface area contributed by atoms with Crippen LogP contribution in [0.25, 0.3) is 44.7 Å². The first-order valence-corrected chi connectivity index (χ1v) is 12.9. The highest BCUT2D eigenvalue weighted by molar-refractivity contribution is 5.93. The number of para-hydroxylation sites is 2. The normalized spacial score (nSPS) is 13.4. The SMILES string of the molecule is CC1(C)c2ccccc2Oc2cccc(-c3ccc(-c4nc(-c5ccccc5)c5ccccc5n4)cc3)c21. The van der Waals surface area contributed by atoms with E-state index in [0.29, 0.717) is 0 Å². The molecule has 7 rings (SSSR count). The van der Waals surface area contributed by atoms with Crippen LogP contribution in [0.5, 0.6) is 11.5 Å². The van der Waals surface area contributed by atoms with Gasteiger partial charge < -0.3 is 4.74 Å². The van der Waals surface area contributed by atoms with Crippen LogP contribution < -0.4 is 4.74 Å². The summed E-state index contributed by atoms with van der Waals surface area (Å²) in [5.41, 5.74) is 8.51. The second-order valence-corrected chi connectivity index (χ2v) is 10.3. The molecule has 0 spiro atoms. The molecule has 1 aliphatic rings. The summed E-state index contributed by atoms with van der Waals surface area (Å²) >= 11 is 0. The van der Waals surface area contributed by atoms with E-state index in [-0.39, 0.29) is 5.41 Å². The summed E-state index contributed by atoms with van der Waals surface area (Å²) < 4.78 is 6.34. The lowest BCUT2D eigenvalue weighted by molar-refractivity contribution is 0.419. The Hall–Kier alpha value is -4.76.